The minimum absolute atomic E-state index is 0.0623. The van der Waals surface area contributed by atoms with E-state index in [4.69, 9.17) is 0 Å². The molecule has 0 fully saturated rings. The van der Waals surface area contributed by atoms with E-state index in [0.717, 1.165) is 18.4 Å². The average molecular weight is 277 g/mol. The maximum Gasteiger partial charge on any atom is 0.156 e. The van der Waals surface area contributed by atoms with Gasteiger partial charge in [0.1, 0.15) is 6.04 Å². The fourth-order valence-electron chi connectivity index (χ4n) is 2.38. The number of hydrogen-bond donors (Lipinski definition) is 2. The summed E-state index contributed by atoms with van der Waals surface area (Å²) < 4.78 is 0. The average Bonchev–Trinajstić information content (AvgIpc) is 2.48. The number of unbranched alkanes of at least 4 members (excludes halogenated alkanes) is 6. The fraction of sp³-hybridized carbons (Fsp3) is 0.588. The molecule has 0 aliphatic rings. The minimum Gasteiger partial charge on any atom is -0.316 e. The smallest absolute Gasteiger partial charge is 0.156 e. The number of ketones is 1. The summed E-state index contributed by atoms with van der Waals surface area (Å²) in [6.45, 7) is 2.21. The predicted octanol–water partition coefficient (Wildman–Crippen LogP) is 4.42. The molecule has 20 heavy (non-hydrogen) atoms. The topological polar surface area (TPSA) is 49.3 Å². The van der Waals surface area contributed by atoms with Crippen LogP contribution in [0, 0.1) is 0 Å². The summed E-state index contributed by atoms with van der Waals surface area (Å²) in [5.74, 6) is 0.0623. The number of Topliss-reactive ketones (excluding diaryl/α,β-unsaturated/α-hetero) is 1. The lowest BCUT2D eigenvalue weighted by Crippen LogP contribution is -2.25. The molecule has 0 saturated heterocycles. The number of hydrogen-bond acceptors (Lipinski definition) is 3. The Hall–Kier alpha value is -1.19. The van der Waals surface area contributed by atoms with Gasteiger partial charge in [0, 0.05) is 6.42 Å². The van der Waals surface area contributed by atoms with Crippen molar-refractivity contribution < 1.29 is 10.0 Å². The Kier molecular flexibility index (Phi) is 8.92. The van der Waals surface area contributed by atoms with Crippen molar-refractivity contribution in [2.24, 2.45) is 0 Å². The molecule has 0 heterocycles. The van der Waals surface area contributed by atoms with E-state index in [0.29, 0.717) is 6.42 Å². The van der Waals surface area contributed by atoms with Crippen molar-refractivity contribution in [3.05, 3.63) is 35.9 Å². The number of rotatable bonds is 11. The summed E-state index contributed by atoms with van der Waals surface area (Å²) in [4.78, 5) is 12.1. The summed E-state index contributed by atoms with van der Waals surface area (Å²) >= 11 is 0. The molecule has 1 rings (SSSR count). The van der Waals surface area contributed by atoms with E-state index in [-0.39, 0.29) is 5.78 Å². The molecular weight excluding hydrogens is 250 g/mol. The van der Waals surface area contributed by atoms with Gasteiger partial charge in [0.15, 0.2) is 5.78 Å². The molecule has 0 spiro atoms. The lowest BCUT2D eigenvalue weighted by atomic mass is 9.99. The summed E-state index contributed by atoms with van der Waals surface area (Å²) in [5.41, 5.74) is 2.96. The fourth-order valence-corrected chi connectivity index (χ4v) is 2.38. The van der Waals surface area contributed by atoms with Gasteiger partial charge in [0.05, 0.1) is 0 Å². The summed E-state index contributed by atoms with van der Waals surface area (Å²) in [7, 11) is 0. The Bertz CT molecular complexity index is 365. The second-order valence-corrected chi connectivity index (χ2v) is 5.31. The third kappa shape index (κ3) is 6.31. The summed E-state index contributed by atoms with van der Waals surface area (Å²) in [5, 5.41) is 9.18. The van der Waals surface area contributed by atoms with Crippen LogP contribution in [0.5, 0.6) is 0 Å². The molecule has 0 aromatic heterocycles. The van der Waals surface area contributed by atoms with Gasteiger partial charge >= 0.3 is 0 Å². The van der Waals surface area contributed by atoms with Gasteiger partial charge in [-0.3, -0.25) is 4.79 Å². The number of benzene rings is 1. The minimum atomic E-state index is -0.587. The second kappa shape index (κ2) is 10.6. The van der Waals surface area contributed by atoms with Crippen molar-refractivity contribution in [2.75, 3.05) is 0 Å². The number of carbonyl (C=O) groups is 1. The first-order valence-corrected chi connectivity index (χ1v) is 7.77. The van der Waals surface area contributed by atoms with Gasteiger partial charge in [0.2, 0.25) is 0 Å². The predicted molar refractivity (Wildman–Crippen MR) is 81.7 cm³/mol. The van der Waals surface area contributed by atoms with Gasteiger partial charge in [-0.1, -0.05) is 75.8 Å². The number of hydroxylamine groups is 1. The quantitative estimate of drug-likeness (QED) is 0.465. The van der Waals surface area contributed by atoms with E-state index in [2.05, 4.69) is 12.4 Å². The number of carbonyl (C=O) groups excluding carboxylic acids is 1. The van der Waals surface area contributed by atoms with Crippen LogP contribution >= 0.6 is 0 Å². The third-order valence-electron chi connectivity index (χ3n) is 3.61. The maximum absolute atomic E-state index is 12.1. The highest BCUT2D eigenvalue weighted by molar-refractivity contribution is 5.85. The van der Waals surface area contributed by atoms with E-state index in [1.54, 1.807) is 0 Å². The van der Waals surface area contributed by atoms with Crippen LogP contribution in [0.4, 0.5) is 0 Å². The molecule has 112 valence electrons. The first-order valence-electron chi connectivity index (χ1n) is 7.77. The Labute approximate surface area is 122 Å². The highest BCUT2D eigenvalue weighted by Crippen LogP contribution is 2.17. The molecule has 0 aliphatic carbocycles. The standard InChI is InChI=1S/C17H27NO2/c1-2-3-4-5-6-7-11-14-16(19)17(18-20)15-12-9-8-10-13-15/h8-10,12-13,17-18,20H,2-7,11,14H2,1H3. The zero-order valence-corrected chi connectivity index (χ0v) is 12.5. The van der Waals surface area contributed by atoms with Gasteiger partial charge in [-0.2, -0.15) is 5.48 Å². The van der Waals surface area contributed by atoms with Crippen molar-refractivity contribution in [1.82, 2.24) is 5.48 Å². The summed E-state index contributed by atoms with van der Waals surface area (Å²) in [6, 6.07) is 8.78. The molecule has 1 unspecified atom stereocenters. The van der Waals surface area contributed by atoms with E-state index in [9.17, 15) is 10.0 Å². The maximum atomic E-state index is 12.1. The van der Waals surface area contributed by atoms with E-state index < -0.39 is 6.04 Å². The van der Waals surface area contributed by atoms with Crippen LogP contribution in [0.2, 0.25) is 0 Å². The van der Waals surface area contributed by atoms with E-state index in [1.165, 1.54) is 32.1 Å². The van der Waals surface area contributed by atoms with Crippen molar-refractivity contribution in [3.63, 3.8) is 0 Å². The van der Waals surface area contributed by atoms with Crippen LogP contribution in [0.25, 0.3) is 0 Å². The van der Waals surface area contributed by atoms with E-state index >= 15 is 0 Å². The van der Waals surface area contributed by atoms with Crippen molar-refractivity contribution in [1.29, 1.82) is 0 Å². The lowest BCUT2D eigenvalue weighted by molar-refractivity contribution is -0.123. The molecule has 0 aliphatic heterocycles. The summed E-state index contributed by atoms with van der Waals surface area (Å²) in [6.07, 6.45) is 8.88. The monoisotopic (exact) mass is 277 g/mol. The van der Waals surface area contributed by atoms with Crippen molar-refractivity contribution >= 4 is 5.78 Å². The lowest BCUT2D eigenvalue weighted by Gasteiger charge is -2.14. The normalized spacial score (nSPS) is 12.3. The molecular formula is C17H27NO2. The molecule has 2 N–H and O–H groups in total. The van der Waals surface area contributed by atoms with Gasteiger partial charge in [-0.05, 0) is 12.0 Å². The molecule has 0 amide bonds. The van der Waals surface area contributed by atoms with Crippen LogP contribution in [-0.4, -0.2) is 11.0 Å². The first-order chi connectivity index (χ1) is 9.79. The third-order valence-corrected chi connectivity index (χ3v) is 3.61. The van der Waals surface area contributed by atoms with Gasteiger partial charge in [0.25, 0.3) is 0 Å². The zero-order chi connectivity index (χ0) is 14.6. The van der Waals surface area contributed by atoms with Crippen LogP contribution in [-0.2, 0) is 4.79 Å². The zero-order valence-electron chi connectivity index (χ0n) is 12.5. The van der Waals surface area contributed by atoms with E-state index in [1.807, 2.05) is 30.3 Å². The van der Waals surface area contributed by atoms with Crippen LogP contribution in [0.1, 0.15) is 69.9 Å². The Morgan fingerprint density at radius 3 is 2.25 bits per heavy atom. The molecule has 3 nitrogen and oxygen atoms in total. The molecule has 1 aromatic rings. The molecule has 3 heteroatoms. The molecule has 0 bridgehead atoms. The Balaban J connectivity index is 2.24. The first kappa shape index (κ1) is 16.9. The largest absolute Gasteiger partial charge is 0.316 e. The second-order valence-electron chi connectivity index (χ2n) is 5.31. The highest BCUT2D eigenvalue weighted by Gasteiger charge is 2.18. The van der Waals surface area contributed by atoms with Gasteiger partial charge in [-0.15, -0.1) is 0 Å². The molecule has 1 aromatic carbocycles. The van der Waals surface area contributed by atoms with Crippen LogP contribution in [0.3, 0.4) is 0 Å². The number of nitrogens with one attached hydrogen (secondary N) is 1. The van der Waals surface area contributed by atoms with Crippen LogP contribution in [0.15, 0.2) is 30.3 Å². The molecule has 0 saturated carbocycles. The Morgan fingerprint density at radius 2 is 1.65 bits per heavy atom. The van der Waals surface area contributed by atoms with Crippen molar-refractivity contribution in [3.8, 4) is 0 Å². The van der Waals surface area contributed by atoms with Gasteiger partial charge in [-0.25, -0.2) is 0 Å². The molecule has 0 radical (unpaired) electrons. The highest BCUT2D eigenvalue weighted by atomic mass is 16.5. The van der Waals surface area contributed by atoms with Gasteiger partial charge < -0.3 is 5.21 Å². The van der Waals surface area contributed by atoms with Crippen molar-refractivity contribution in [2.45, 2.75) is 64.3 Å². The SMILES string of the molecule is CCCCCCCCCC(=O)C(NO)c1ccccc1. The molecule has 1 atom stereocenters. The van der Waals surface area contributed by atoms with Crippen LogP contribution < -0.4 is 5.48 Å². The Morgan fingerprint density at radius 1 is 1.05 bits per heavy atom.